The van der Waals surface area contributed by atoms with Crippen LogP contribution in [-0.2, 0) is 0 Å². The van der Waals surface area contributed by atoms with Gasteiger partial charge in [-0.15, -0.1) is 0 Å². The summed E-state index contributed by atoms with van der Waals surface area (Å²) >= 11 is 0. The van der Waals surface area contributed by atoms with Crippen LogP contribution in [-0.4, -0.2) is 36.8 Å². The van der Waals surface area contributed by atoms with Crippen LogP contribution in [0.1, 0.15) is 10.4 Å². The van der Waals surface area contributed by atoms with Gasteiger partial charge in [0.25, 0.3) is 11.5 Å². The number of amides is 1. The van der Waals surface area contributed by atoms with Crippen molar-refractivity contribution in [2.24, 2.45) is 0 Å². The number of carbonyl (C=O) groups excluding carboxylic acids is 1. The minimum absolute atomic E-state index is 0.0925. The highest BCUT2D eigenvalue weighted by Gasteiger charge is 2.14. The predicted molar refractivity (Wildman–Crippen MR) is 104 cm³/mol. The number of nitrogens with zero attached hydrogens (tertiary/aromatic N) is 2. The van der Waals surface area contributed by atoms with E-state index in [9.17, 15) is 9.59 Å². The van der Waals surface area contributed by atoms with Gasteiger partial charge in [-0.1, -0.05) is 6.07 Å². The first kappa shape index (κ1) is 19.0. The topological polar surface area (TPSA) is 91.7 Å². The lowest BCUT2D eigenvalue weighted by Gasteiger charge is -2.11. The third-order valence-corrected chi connectivity index (χ3v) is 4.05. The maximum Gasteiger partial charge on any atom is 0.298 e. The first-order chi connectivity index (χ1) is 13.6. The molecule has 3 aromatic rings. The summed E-state index contributed by atoms with van der Waals surface area (Å²) in [6.07, 6.45) is 2.95. The van der Waals surface area contributed by atoms with E-state index in [-0.39, 0.29) is 5.82 Å². The van der Waals surface area contributed by atoms with Crippen LogP contribution in [0.3, 0.4) is 0 Å². The molecule has 0 unspecified atom stereocenters. The fraction of sp³-hybridized carbons (Fsp3) is 0.150. The summed E-state index contributed by atoms with van der Waals surface area (Å²) in [7, 11) is 4.53. The molecular formula is C20H19N3O5. The third kappa shape index (κ3) is 3.80. The number of methoxy groups -OCH3 is 3. The molecule has 0 aliphatic carbocycles. The van der Waals surface area contributed by atoms with E-state index in [0.717, 1.165) is 0 Å². The Bertz CT molecular complexity index is 1060. The van der Waals surface area contributed by atoms with Gasteiger partial charge in [0.15, 0.2) is 17.3 Å². The number of ether oxygens (including phenoxy) is 3. The van der Waals surface area contributed by atoms with Gasteiger partial charge in [-0.2, -0.15) is 0 Å². The van der Waals surface area contributed by atoms with E-state index in [1.54, 1.807) is 43.5 Å². The smallest absolute Gasteiger partial charge is 0.298 e. The summed E-state index contributed by atoms with van der Waals surface area (Å²) in [6.45, 7) is 0. The Hall–Kier alpha value is -3.81. The lowest BCUT2D eigenvalue weighted by atomic mass is 10.2. The van der Waals surface area contributed by atoms with E-state index in [1.807, 2.05) is 0 Å². The van der Waals surface area contributed by atoms with Crippen molar-refractivity contribution in [1.82, 2.24) is 9.55 Å². The molecule has 0 bridgehead atoms. The number of rotatable bonds is 6. The van der Waals surface area contributed by atoms with E-state index < -0.39 is 11.5 Å². The molecule has 1 heterocycles. The highest BCUT2D eigenvalue weighted by Crippen LogP contribution is 2.27. The molecular weight excluding hydrogens is 362 g/mol. The zero-order valence-corrected chi connectivity index (χ0v) is 15.6. The van der Waals surface area contributed by atoms with E-state index in [4.69, 9.17) is 14.2 Å². The summed E-state index contributed by atoms with van der Waals surface area (Å²) in [6, 6.07) is 11.7. The van der Waals surface area contributed by atoms with E-state index >= 15 is 0 Å². The first-order valence-electron chi connectivity index (χ1n) is 8.33. The number of nitrogens with one attached hydrogen (secondary N) is 1. The van der Waals surface area contributed by atoms with Gasteiger partial charge in [0.1, 0.15) is 5.75 Å². The molecule has 1 aromatic heterocycles. The van der Waals surface area contributed by atoms with Crippen molar-refractivity contribution < 1.29 is 19.0 Å². The average Bonchev–Trinajstić information content (AvgIpc) is 2.74. The number of hydrogen-bond donors (Lipinski definition) is 1. The Kier molecular flexibility index (Phi) is 5.59. The molecule has 0 saturated carbocycles. The summed E-state index contributed by atoms with van der Waals surface area (Å²) in [5.74, 6) is 0.929. The van der Waals surface area contributed by atoms with Crippen LogP contribution in [0.4, 0.5) is 5.82 Å². The Morgan fingerprint density at radius 1 is 1.00 bits per heavy atom. The van der Waals surface area contributed by atoms with Gasteiger partial charge < -0.3 is 19.5 Å². The zero-order valence-electron chi connectivity index (χ0n) is 15.6. The van der Waals surface area contributed by atoms with Crippen molar-refractivity contribution in [3.8, 4) is 22.9 Å². The molecule has 8 nitrogen and oxygen atoms in total. The van der Waals surface area contributed by atoms with Crippen molar-refractivity contribution in [3.63, 3.8) is 0 Å². The molecule has 28 heavy (non-hydrogen) atoms. The molecule has 0 spiro atoms. The highest BCUT2D eigenvalue weighted by atomic mass is 16.5. The second-order valence-corrected chi connectivity index (χ2v) is 5.68. The molecule has 144 valence electrons. The second-order valence-electron chi connectivity index (χ2n) is 5.68. The number of aromatic nitrogens is 2. The SMILES string of the molecule is COc1cccc(-n2ccnc(NC(=O)c3ccc(OC)c(OC)c3)c2=O)c1. The first-order valence-corrected chi connectivity index (χ1v) is 8.33. The van der Waals surface area contributed by atoms with Crippen molar-refractivity contribution in [2.75, 3.05) is 26.6 Å². The fourth-order valence-corrected chi connectivity index (χ4v) is 2.62. The van der Waals surface area contributed by atoms with Gasteiger partial charge in [0.05, 0.1) is 27.0 Å². The summed E-state index contributed by atoms with van der Waals surface area (Å²) in [5.41, 5.74) is 0.425. The number of hydrogen-bond acceptors (Lipinski definition) is 6. The minimum Gasteiger partial charge on any atom is -0.497 e. The summed E-state index contributed by atoms with van der Waals surface area (Å²) < 4.78 is 16.9. The highest BCUT2D eigenvalue weighted by molar-refractivity contribution is 6.04. The molecule has 2 aromatic carbocycles. The normalized spacial score (nSPS) is 10.2. The van der Waals surface area contributed by atoms with Gasteiger partial charge in [0, 0.05) is 24.0 Å². The van der Waals surface area contributed by atoms with Crippen LogP contribution in [0, 0.1) is 0 Å². The number of anilines is 1. The summed E-state index contributed by atoms with van der Waals surface area (Å²) in [5, 5.41) is 2.54. The van der Waals surface area contributed by atoms with E-state index in [0.29, 0.717) is 28.5 Å². The van der Waals surface area contributed by atoms with Crippen LogP contribution in [0.25, 0.3) is 5.69 Å². The third-order valence-electron chi connectivity index (χ3n) is 4.05. The molecule has 1 amide bonds. The zero-order chi connectivity index (χ0) is 20.1. The monoisotopic (exact) mass is 381 g/mol. The van der Waals surface area contributed by atoms with Gasteiger partial charge in [-0.3, -0.25) is 14.2 Å². The maximum absolute atomic E-state index is 12.8. The Morgan fingerprint density at radius 2 is 1.79 bits per heavy atom. The molecule has 0 fully saturated rings. The van der Waals surface area contributed by atoms with Crippen LogP contribution < -0.4 is 25.1 Å². The van der Waals surface area contributed by atoms with Crippen LogP contribution in [0.5, 0.6) is 17.2 Å². The lowest BCUT2D eigenvalue weighted by Crippen LogP contribution is -2.26. The number of benzene rings is 2. The minimum atomic E-state index is -0.492. The van der Waals surface area contributed by atoms with Crippen LogP contribution >= 0.6 is 0 Å². The van der Waals surface area contributed by atoms with Gasteiger partial charge in [0.2, 0.25) is 0 Å². The molecule has 0 aliphatic heterocycles. The fourth-order valence-electron chi connectivity index (χ4n) is 2.62. The molecule has 0 radical (unpaired) electrons. The second kappa shape index (κ2) is 8.26. The van der Waals surface area contributed by atoms with Crippen molar-refractivity contribution in [1.29, 1.82) is 0 Å². The van der Waals surface area contributed by atoms with E-state index in [1.165, 1.54) is 37.2 Å². The quantitative estimate of drug-likeness (QED) is 0.705. The predicted octanol–water partition coefficient (Wildman–Crippen LogP) is 2.51. The van der Waals surface area contributed by atoms with Gasteiger partial charge >= 0.3 is 0 Å². The van der Waals surface area contributed by atoms with Crippen molar-refractivity contribution in [3.05, 3.63) is 70.8 Å². The van der Waals surface area contributed by atoms with Gasteiger partial charge in [-0.05, 0) is 30.3 Å². The van der Waals surface area contributed by atoms with Crippen LogP contribution in [0.15, 0.2) is 59.7 Å². The maximum atomic E-state index is 12.8. The van der Waals surface area contributed by atoms with Gasteiger partial charge in [-0.25, -0.2) is 4.98 Å². The van der Waals surface area contributed by atoms with Crippen molar-refractivity contribution >= 4 is 11.7 Å². The molecule has 1 N–H and O–H groups in total. The Morgan fingerprint density at radius 3 is 2.50 bits per heavy atom. The molecule has 0 atom stereocenters. The standard InChI is InChI=1S/C20H19N3O5/c1-26-15-6-4-5-14(12-15)23-10-9-21-18(20(23)25)22-19(24)13-7-8-16(27-2)17(11-13)28-3/h4-12H,1-3H3,(H,21,22,24). The molecule has 0 aliphatic rings. The van der Waals surface area contributed by atoms with E-state index in [2.05, 4.69) is 10.3 Å². The molecule has 3 rings (SSSR count). The Balaban J connectivity index is 1.91. The van der Waals surface area contributed by atoms with Crippen LogP contribution in [0.2, 0.25) is 0 Å². The molecule has 0 saturated heterocycles. The van der Waals surface area contributed by atoms with Crippen molar-refractivity contribution in [2.45, 2.75) is 0 Å². The lowest BCUT2D eigenvalue weighted by molar-refractivity contribution is 0.102. The largest absolute Gasteiger partial charge is 0.497 e. The molecule has 8 heteroatoms. The summed E-state index contributed by atoms with van der Waals surface area (Å²) in [4.78, 5) is 29.3. The Labute approximate surface area is 161 Å². The average molecular weight is 381 g/mol. The number of carbonyl (C=O) groups is 1.